The molecule has 0 atom stereocenters. The first kappa shape index (κ1) is 56.4. The first-order valence-electron chi connectivity index (χ1n) is 31.6. The quantitative estimate of drug-likeness (QED) is 0.114. The molecular weight excluding hydrogens is 1150 g/mol. The number of anilines is 6. The van der Waals surface area contributed by atoms with Crippen molar-refractivity contribution < 1.29 is 0 Å². The maximum atomic E-state index is 2.51. The van der Waals surface area contributed by atoms with E-state index >= 15 is 0 Å². The zero-order valence-corrected chi connectivity index (χ0v) is 53.4. The third-order valence-electron chi connectivity index (χ3n) is 18.4. The molecule has 14 aromatic carbocycles. The predicted molar refractivity (Wildman–Crippen MR) is 399 cm³/mol. The molecule has 0 spiro atoms. The Balaban J connectivity index is 0.813. The normalized spacial score (nSPS) is 11.5. The first-order valence-corrected chi connectivity index (χ1v) is 33.3. The van der Waals surface area contributed by atoms with Gasteiger partial charge in [-0.2, -0.15) is 0 Å². The van der Waals surface area contributed by atoms with Crippen molar-refractivity contribution >= 4 is 97.1 Å². The molecule has 16 rings (SSSR count). The minimum atomic E-state index is 1.09. The minimum Gasteiger partial charge on any atom is -0.309 e. The summed E-state index contributed by atoms with van der Waals surface area (Å²) in [6.07, 6.45) is 0. The fourth-order valence-corrected chi connectivity index (χ4v) is 16.3. The van der Waals surface area contributed by atoms with E-state index in [-0.39, 0.29) is 0 Å². The highest BCUT2D eigenvalue weighted by Gasteiger charge is 2.26. The summed E-state index contributed by atoms with van der Waals surface area (Å²) >= 11 is 3.77. The van der Waals surface area contributed by atoms with Gasteiger partial charge in [-0.25, -0.2) is 0 Å². The molecule has 92 heavy (non-hydrogen) atoms. The SMILES string of the molecule is Cc1cc(-c2ccc(N(c3ccc(-c4cccc(-c5ccccc5)c4)cc3)c3c(C)cccc3-c3cccc4c3sc3ccccc34)c(C)c2)ccc1N(c1ccc(-c2cccc(-c3ccccc3)c2)cc1)c1c(C)cccc1-c1cccc2c1sc1ccccc12. The predicted octanol–water partition coefficient (Wildman–Crippen LogP) is 26.3. The molecule has 0 bridgehead atoms. The number of fused-ring (bicyclic) bond motifs is 6. The van der Waals surface area contributed by atoms with Crippen LogP contribution in [0, 0.1) is 27.7 Å². The Labute approximate surface area is 546 Å². The van der Waals surface area contributed by atoms with E-state index in [1.54, 1.807) is 0 Å². The van der Waals surface area contributed by atoms with Crippen LogP contribution in [-0.2, 0) is 0 Å². The van der Waals surface area contributed by atoms with Crippen LogP contribution in [0.1, 0.15) is 22.3 Å². The van der Waals surface area contributed by atoms with E-state index in [1.165, 1.54) is 141 Å². The summed E-state index contributed by atoms with van der Waals surface area (Å²) in [6, 6.07) is 116. The first-order chi connectivity index (χ1) is 45.3. The lowest BCUT2D eigenvalue weighted by Crippen LogP contribution is -2.14. The van der Waals surface area contributed by atoms with Crippen molar-refractivity contribution in [3.63, 3.8) is 0 Å². The zero-order valence-electron chi connectivity index (χ0n) is 51.7. The van der Waals surface area contributed by atoms with Crippen molar-refractivity contribution in [1.29, 1.82) is 0 Å². The summed E-state index contributed by atoms with van der Waals surface area (Å²) in [4.78, 5) is 5.02. The minimum absolute atomic E-state index is 1.09. The molecular formula is C88H64N2S2. The second kappa shape index (κ2) is 23.8. The van der Waals surface area contributed by atoms with Gasteiger partial charge in [-0.1, -0.05) is 243 Å². The molecule has 0 amide bonds. The van der Waals surface area contributed by atoms with E-state index in [0.29, 0.717) is 0 Å². The molecule has 438 valence electrons. The molecule has 0 radical (unpaired) electrons. The maximum absolute atomic E-state index is 2.51. The summed E-state index contributed by atoms with van der Waals surface area (Å²) < 4.78 is 5.19. The fraction of sp³-hybridized carbons (Fsp3) is 0.0455. The Morgan fingerprint density at radius 2 is 0.522 bits per heavy atom. The van der Waals surface area contributed by atoms with Gasteiger partial charge in [0.2, 0.25) is 0 Å². The lowest BCUT2D eigenvalue weighted by atomic mass is 9.94. The van der Waals surface area contributed by atoms with Crippen molar-refractivity contribution in [3.8, 4) is 77.9 Å². The molecule has 0 aliphatic heterocycles. The molecule has 0 saturated heterocycles. The van der Waals surface area contributed by atoms with Crippen LogP contribution in [0.4, 0.5) is 34.1 Å². The number of nitrogens with zero attached hydrogens (tertiary/aromatic N) is 2. The Morgan fingerprint density at radius 3 is 0.924 bits per heavy atom. The van der Waals surface area contributed by atoms with Crippen molar-refractivity contribution in [2.45, 2.75) is 27.7 Å². The molecule has 2 heterocycles. The van der Waals surface area contributed by atoms with Gasteiger partial charge in [0.15, 0.2) is 0 Å². The van der Waals surface area contributed by atoms with Gasteiger partial charge in [-0.05, 0) is 178 Å². The van der Waals surface area contributed by atoms with Crippen molar-refractivity contribution in [2.75, 3.05) is 9.80 Å². The van der Waals surface area contributed by atoms with Gasteiger partial charge >= 0.3 is 0 Å². The van der Waals surface area contributed by atoms with Gasteiger partial charge in [-0.3, -0.25) is 0 Å². The monoisotopic (exact) mass is 1210 g/mol. The molecule has 0 aliphatic carbocycles. The number of aryl methyl sites for hydroxylation is 4. The summed E-state index contributed by atoms with van der Waals surface area (Å²) in [5, 5.41) is 5.17. The van der Waals surface area contributed by atoms with Gasteiger partial charge in [0.25, 0.3) is 0 Å². The standard InChI is InChI=1S/C88H64N2S2/c1-57-21-15-33-75(79-37-19-35-77-73-31-11-13-39-83(73)91-87(77)79)85(57)89(71-47-41-63(42-48-71)67-29-17-27-65(55-67)61-23-7-5-8-24-61)81-51-45-69(53-59(81)3)70-46-52-82(60(4)54-70)90(72-49-43-64(44-50-72)68-30-18-28-66(56-68)62-25-9-6-10-26-62)86-58(2)22-16-34-76(86)80-38-20-36-78-74-32-12-14-40-84(74)92-88(78)80/h5-56H,1-4H3. The van der Waals surface area contributed by atoms with Gasteiger partial charge < -0.3 is 9.80 Å². The Kier molecular flexibility index (Phi) is 14.6. The van der Waals surface area contributed by atoms with Crippen LogP contribution < -0.4 is 9.80 Å². The fourth-order valence-electron chi connectivity index (χ4n) is 13.8. The molecule has 0 fully saturated rings. The third kappa shape index (κ3) is 10.2. The van der Waals surface area contributed by atoms with Crippen LogP contribution in [-0.4, -0.2) is 0 Å². The molecule has 0 N–H and O–H groups in total. The third-order valence-corrected chi connectivity index (χ3v) is 20.8. The smallest absolute Gasteiger partial charge is 0.0569 e. The highest BCUT2D eigenvalue weighted by Crippen LogP contribution is 2.51. The number of thiophene rings is 2. The van der Waals surface area contributed by atoms with Crippen LogP contribution in [0.2, 0.25) is 0 Å². The number of benzene rings is 14. The zero-order chi connectivity index (χ0) is 61.8. The highest BCUT2D eigenvalue weighted by atomic mass is 32.1. The van der Waals surface area contributed by atoms with E-state index < -0.39 is 0 Å². The van der Waals surface area contributed by atoms with Gasteiger partial charge in [-0.15, -0.1) is 22.7 Å². The molecule has 4 heteroatoms. The van der Waals surface area contributed by atoms with E-state index in [4.69, 9.17) is 0 Å². The molecule has 0 aliphatic rings. The van der Waals surface area contributed by atoms with Crippen LogP contribution in [0.25, 0.3) is 118 Å². The largest absolute Gasteiger partial charge is 0.309 e. The maximum Gasteiger partial charge on any atom is 0.0569 e. The van der Waals surface area contributed by atoms with Crippen LogP contribution >= 0.6 is 22.7 Å². The van der Waals surface area contributed by atoms with Crippen LogP contribution in [0.3, 0.4) is 0 Å². The molecule has 0 unspecified atom stereocenters. The van der Waals surface area contributed by atoms with Gasteiger partial charge in [0.1, 0.15) is 0 Å². The number of para-hydroxylation sites is 2. The second-order valence-electron chi connectivity index (χ2n) is 24.2. The van der Waals surface area contributed by atoms with E-state index in [2.05, 4.69) is 353 Å². The van der Waals surface area contributed by atoms with E-state index in [9.17, 15) is 0 Å². The highest BCUT2D eigenvalue weighted by molar-refractivity contribution is 7.26. The summed E-state index contributed by atoms with van der Waals surface area (Å²) in [5.41, 5.74) is 28.3. The second-order valence-corrected chi connectivity index (χ2v) is 26.3. The van der Waals surface area contributed by atoms with Crippen molar-refractivity contribution in [3.05, 3.63) is 338 Å². The molecule has 0 saturated carbocycles. The van der Waals surface area contributed by atoms with E-state index in [1.807, 2.05) is 22.7 Å². The topological polar surface area (TPSA) is 6.48 Å². The summed E-state index contributed by atoms with van der Waals surface area (Å²) in [7, 11) is 0. The molecule has 2 aromatic heterocycles. The van der Waals surface area contributed by atoms with Crippen LogP contribution in [0.15, 0.2) is 315 Å². The number of hydrogen-bond donors (Lipinski definition) is 0. The lowest BCUT2D eigenvalue weighted by molar-refractivity contribution is 1.22. The number of rotatable bonds is 13. The Hall–Kier alpha value is -10.9. The number of hydrogen-bond acceptors (Lipinski definition) is 4. The van der Waals surface area contributed by atoms with Gasteiger partial charge in [0.05, 0.1) is 11.4 Å². The molecule has 16 aromatic rings. The molecule has 2 nitrogen and oxygen atoms in total. The van der Waals surface area contributed by atoms with Crippen molar-refractivity contribution in [1.82, 2.24) is 0 Å². The van der Waals surface area contributed by atoms with E-state index in [0.717, 1.165) is 33.9 Å². The Bertz CT molecular complexity index is 5100. The average Bonchev–Trinajstić information content (AvgIpc) is 1.97. The lowest BCUT2D eigenvalue weighted by Gasteiger charge is -2.32. The van der Waals surface area contributed by atoms with Gasteiger partial charge in [0, 0.05) is 85.3 Å². The Morgan fingerprint density at radius 1 is 0.217 bits per heavy atom. The van der Waals surface area contributed by atoms with Crippen molar-refractivity contribution in [2.24, 2.45) is 0 Å². The summed E-state index contributed by atoms with van der Waals surface area (Å²) in [6.45, 7) is 9.09. The average molecular weight is 1210 g/mol. The summed E-state index contributed by atoms with van der Waals surface area (Å²) in [5.74, 6) is 0. The van der Waals surface area contributed by atoms with Crippen LogP contribution in [0.5, 0.6) is 0 Å².